The molecule has 0 aromatic rings. The highest BCUT2D eigenvalue weighted by Crippen LogP contribution is 2.57. The normalized spacial score (nSPS) is 22.3. The Bertz CT molecular complexity index is 795. The maximum absolute atomic E-state index is 10.9. The largest absolute Gasteiger partial charge is 0.481 e. The van der Waals surface area contributed by atoms with Gasteiger partial charge in [-0.05, 0) is 19.4 Å². The zero-order valence-electron chi connectivity index (χ0n) is 15.8. The van der Waals surface area contributed by atoms with E-state index in [2.05, 4.69) is 8.83 Å². The van der Waals surface area contributed by atoms with E-state index in [1.807, 2.05) is 6.92 Å². The van der Waals surface area contributed by atoms with Gasteiger partial charge < -0.3 is 29.6 Å². The standard InChI is InChI=1S/C9H8O5.C6H16O7P2/c1-9-3-4(7(10)11)2-5(8(12)13)6(9)14-9;1-2-3-4-5-6-12-15(10,11)13-14(7,8)9/h2H,3H2,1H3,(H,10,11)(H,12,13);2-6H2,1H3,(H,10,11)(H2,7,8,9). The van der Waals surface area contributed by atoms with Crippen molar-refractivity contribution in [1.82, 2.24) is 0 Å². The topological polar surface area (TPSA) is 200 Å². The lowest BCUT2D eigenvalue weighted by molar-refractivity contribution is -0.133. The number of phosphoric ester groups is 1. The first-order chi connectivity index (χ1) is 13.2. The number of carboxylic acid groups (broad SMARTS) is 2. The van der Waals surface area contributed by atoms with Gasteiger partial charge in [-0.3, -0.25) is 4.52 Å². The Morgan fingerprint density at radius 1 is 1.14 bits per heavy atom. The van der Waals surface area contributed by atoms with E-state index < -0.39 is 33.2 Å². The Morgan fingerprint density at radius 3 is 2.24 bits per heavy atom. The zero-order chi connectivity index (χ0) is 22.5. The smallest absolute Gasteiger partial charge is 0.478 e. The van der Waals surface area contributed by atoms with Gasteiger partial charge in [0.25, 0.3) is 0 Å². The van der Waals surface area contributed by atoms with Crippen LogP contribution in [0.15, 0.2) is 23.0 Å². The molecule has 2 unspecified atom stereocenters. The molecule has 14 heteroatoms. The molecule has 1 saturated heterocycles. The molecule has 29 heavy (non-hydrogen) atoms. The monoisotopic (exact) mass is 458 g/mol. The van der Waals surface area contributed by atoms with Gasteiger partial charge in [0.1, 0.15) is 5.57 Å². The summed E-state index contributed by atoms with van der Waals surface area (Å²) in [7, 11) is -9.61. The second kappa shape index (κ2) is 9.99. The molecule has 2 rings (SSSR count). The predicted octanol–water partition coefficient (Wildman–Crippen LogP) is 2.32. The molecular weight excluding hydrogens is 434 g/mol. The Labute approximate surface area is 166 Å². The van der Waals surface area contributed by atoms with Crippen molar-refractivity contribution in [2.45, 2.75) is 51.6 Å². The molecule has 0 aromatic carbocycles. The second-order valence-corrected chi connectivity index (χ2v) is 9.30. The summed E-state index contributed by atoms with van der Waals surface area (Å²) < 4.78 is 34.2. The lowest BCUT2D eigenvalue weighted by Crippen LogP contribution is -2.17. The Morgan fingerprint density at radius 2 is 1.76 bits per heavy atom. The molecule has 0 aromatic heterocycles. The van der Waals surface area contributed by atoms with Crippen LogP contribution in [-0.2, 0) is 32.3 Å². The minimum Gasteiger partial charge on any atom is -0.478 e. The van der Waals surface area contributed by atoms with Crippen LogP contribution < -0.4 is 0 Å². The first kappa shape index (κ1) is 25.5. The SMILES string of the molecule is CC12CC(C(=O)O)=CC(C(=O)O)=C1O2.CCCCCCOP(=O)(O)OP(=O)(O)O. The average molecular weight is 458 g/mol. The second-order valence-electron chi connectivity index (χ2n) is 6.47. The van der Waals surface area contributed by atoms with Crippen LogP contribution in [0.2, 0.25) is 0 Å². The van der Waals surface area contributed by atoms with E-state index in [0.29, 0.717) is 12.2 Å². The molecule has 1 aliphatic heterocycles. The third-order valence-electron chi connectivity index (χ3n) is 3.82. The first-order valence-corrected chi connectivity index (χ1v) is 11.6. The van der Waals surface area contributed by atoms with Crippen molar-refractivity contribution in [2.24, 2.45) is 0 Å². The van der Waals surface area contributed by atoms with E-state index in [-0.39, 0.29) is 24.2 Å². The summed E-state index contributed by atoms with van der Waals surface area (Å²) in [6.07, 6.45) is 4.74. The van der Waals surface area contributed by atoms with Gasteiger partial charge in [0.2, 0.25) is 0 Å². The number of epoxide rings is 1. The molecule has 0 saturated carbocycles. The zero-order valence-corrected chi connectivity index (χ0v) is 17.6. The maximum Gasteiger partial charge on any atom is 0.481 e. The number of unbranched alkanes of at least 4 members (excludes halogenated alkanes) is 3. The number of fused-ring (bicyclic) bond motifs is 1. The fourth-order valence-corrected chi connectivity index (χ4v) is 4.10. The Hall–Kier alpha value is -1.52. The number of carbonyl (C=O) groups is 2. The van der Waals surface area contributed by atoms with E-state index in [1.54, 1.807) is 6.92 Å². The summed E-state index contributed by atoms with van der Waals surface area (Å²) in [4.78, 5) is 46.8. The summed E-state index contributed by atoms with van der Waals surface area (Å²) in [6, 6.07) is 0. The van der Waals surface area contributed by atoms with Crippen molar-refractivity contribution in [1.29, 1.82) is 0 Å². The highest BCUT2D eigenvalue weighted by molar-refractivity contribution is 7.60. The number of hydrogen-bond acceptors (Lipinski definition) is 7. The van der Waals surface area contributed by atoms with Crippen LogP contribution in [0.5, 0.6) is 0 Å². The molecule has 5 N–H and O–H groups in total. The summed E-state index contributed by atoms with van der Waals surface area (Å²) in [6.45, 7) is 3.63. The molecule has 0 bridgehead atoms. The summed E-state index contributed by atoms with van der Waals surface area (Å²) in [5.41, 5.74) is -0.668. The van der Waals surface area contributed by atoms with Gasteiger partial charge in [-0.25, -0.2) is 18.7 Å². The van der Waals surface area contributed by atoms with E-state index in [4.69, 9.17) is 29.6 Å². The van der Waals surface area contributed by atoms with Gasteiger partial charge in [0.05, 0.1) is 6.61 Å². The fraction of sp³-hybridized carbons (Fsp3) is 0.600. The molecule has 0 radical (unpaired) electrons. The van der Waals surface area contributed by atoms with Gasteiger partial charge >= 0.3 is 27.6 Å². The minimum absolute atomic E-state index is 0.0452. The van der Waals surface area contributed by atoms with Crippen LogP contribution in [0.4, 0.5) is 0 Å². The highest BCUT2D eigenvalue weighted by Gasteiger charge is 2.54. The number of hydrogen-bond donors (Lipinski definition) is 5. The van der Waals surface area contributed by atoms with Crippen LogP contribution in [0.3, 0.4) is 0 Å². The van der Waals surface area contributed by atoms with Crippen LogP contribution in [0.25, 0.3) is 0 Å². The Balaban J connectivity index is 0.000000290. The van der Waals surface area contributed by atoms with E-state index in [0.717, 1.165) is 25.3 Å². The summed E-state index contributed by atoms with van der Waals surface area (Å²) in [5, 5.41) is 17.5. The average Bonchev–Trinajstić information content (AvgIpc) is 3.23. The van der Waals surface area contributed by atoms with Crippen molar-refractivity contribution in [2.75, 3.05) is 6.61 Å². The van der Waals surface area contributed by atoms with Crippen molar-refractivity contribution in [3.8, 4) is 0 Å². The van der Waals surface area contributed by atoms with Crippen molar-refractivity contribution in [3.63, 3.8) is 0 Å². The van der Waals surface area contributed by atoms with E-state index >= 15 is 0 Å². The molecule has 2 atom stereocenters. The van der Waals surface area contributed by atoms with Crippen molar-refractivity contribution in [3.05, 3.63) is 23.0 Å². The van der Waals surface area contributed by atoms with E-state index in [9.17, 15) is 18.7 Å². The number of carboxylic acids is 2. The third-order valence-corrected chi connectivity index (χ3v) is 6.01. The fourth-order valence-electron chi connectivity index (χ4n) is 2.47. The molecule has 166 valence electrons. The number of phosphoric acid groups is 2. The minimum atomic E-state index is -4.99. The quantitative estimate of drug-likeness (QED) is 0.182. The van der Waals surface area contributed by atoms with E-state index in [1.165, 1.54) is 0 Å². The highest BCUT2D eigenvalue weighted by atomic mass is 31.3. The van der Waals surface area contributed by atoms with Gasteiger partial charge in [0.15, 0.2) is 11.4 Å². The molecule has 0 spiro atoms. The molecule has 12 nitrogen and oxygen atoms in total. The first-order valence-electron chi connectivity index (χ1n) is 8.56. The van der Waals surface area contributed by atoms with Gasteiger partial charge in [0, 0.05) is 12.0 Å². The van der Waals surface area contributed by atoms with Gasteiger partial charge in [-0.1, -0.05) is 26.2 Å². The molecule has 0 amide bonds. The molecule has 1 aliphatic carbocycles. The number of rotatable bonds is 10. The molecule has 1 fully saturated rings. The van der Waals surface area contributed by atoms with Gasteiger partial charge in [-0.15, -0.1) is 0 Å². The molecular formula is C15H24O12P2. The summed E-state index contributed by atoms with van der Waals surface area (Å²) in [5.74, 6) is -1.86. The lowest BCUT2D eigenvalue weighted by atomic mass is 9.91. The van der Waals surface area contributed by atoms with Crippen molar-refractivity contribution >= 4 is 27.6 Å². The van der Waals surface area contributed by atoms with Crippen LogP contribution in [0, 0.1) is 0 Å². The predicted molar refractivity (Wildman–Crippen MR) is 97.5 cm³/mol. The molecule has 1 heterocycles. The van der Waals surface area contributed by atoms with Crippen LogP contribution >= 0.6 is 15.6 Å². The maximum atomic E-state index is 10.9. The van der Waals surface area contributed by atoms with Gasteiger partial charge in [-0.2, -0.15) is 4.31 Å². The summed E-state index contributed by atoms with van der Waals surface area (Å²) >= 11 is 0. The molecule has 2 aliphatic rings. The third kappa shape index (κ3) is 8.79. The van der Waals surface area contributed by atoms with Crippen LogP contribution in [-0.4, -0.2) is 49.0 Å². The number of ether oxygens (including phenoxy) is 1. The Kier molecular flexibility index (Phi) is 8.79. The lowest BCUT2D eigenvalue weighted by Gasteiger charge is -2.11. The number of aliphatic carboxylic acids is 2. The van der Waals surface area contributed by atoms with Crippen LogP contribution in [0.1, 0.15) is 46.0 Å². The van der Waals surface area contributed by atoms with Crippen molar-refractivity contribution < 1.29 is 57.2 Å².